The fraction of sp³-hybridized carbons (Fsp3) is 0.167. The molecule has 1 aromatic carbocycles. The first-order valence-electron chi connectivity index (χ1n) is 5.40. The topological polar surface area (TPSA) is 118 Å². The Labute approximate surface area is 104 Å². The van der Waals surface area contributed by atoms with Crippen LogP contribution in [0.1, 0.15) is 5.56 Å². The van der Waals surface area contributed by atoms with Crippen molar-refractivity contribution < 1.29 is 9.90 Å². The maximum absolute atomic E-state index is 11.2. The largest absolute Gasteiger partial charge is 0.374 e. The van der Waals surface area contributed by atoms with E-state index in [1.54, 1.807) is 36.7 Å². The summed E-state index contributed by atoms with van der Waals surface area (Å²) < 4.78 is 0. The van der Waals surface area contributed by atoms with Crippen LogP contribution in [-0.4, -0.2) is 27.8 Å². The number of H-pyrrole nitrogens is 1. The average Bonchev–Trinajstić information content (AvgIpc) is 2.91. The van der Waals surface area contributed by atoms with Gasteiger partial charge in [0.15, 0.2) is 5.60 Å². The van der Waals surface area contributed by atoms with Crippen LogP contribution in [0.5, 0.6) is 0 Å². The van der Waals surface area contributed by atoms with Crippen molar-refractivity contribution in [3.63, 3.8) is 0 Å². The smallest absolute Gasteiger partial charge is 0.255 e. The Hall–Kier alpha value is -2.18. The summed E-state index contributed by atoms with van der Waals surface area (Å²) >= 11 is 0. The summed E-state index contributed by atoms with van der Waals surface area (Å²) in [5, 5.41) is 16.6. The molecule has 0 spiro atoms. The number of nitrogens with one attached hydrogen (secondary N) is 1. The van der Waals surface area contributed by atoms with Crippen molar-refractivity contribution in [2.45, 2.75) is 5.60 Å². The Kier molecular flexibility index (Phi) is 3.14. The van der Waals surface area contributed by atoms with Crippen LogP contribution in [0.25, 0.3) is 11.1 Å². The van der Waals surface area contributed by atoms with Crippen molar-refractivity contribution in [2.24, 2.45) is 11.5 Å². The third-order valence-corrected chi connectivity index (χ3v) is 2.90. The highest BCUT2D eigenvalue weighted by molar-refractivity contribution is 5.85. The molecule has 0 fully saturated rings. The second kappa shape index (κ2) is 4.59. The minimum absolute atomic E-state index is 0.257. The first kappa shape index (κ1) is 12.3. The molecule has 0 aliphatic carbocycles. The number of benzene rings is 1. The van der Waals surface area contributed by atoms with Gasteiger partial charge < -0.3 is 16.6 Å². The van der Waals surface area contributed by atoms with Crippen LogP contribution >= 0.6 is 0 Å². The van der Waals surface area contributed by atoms with Crippen molar-refractivity contribution in [3.8, 4) is 11.1 Å². The van der Waals surface area contributed by atoms with Crippen LogP contribution in [-0.2, 0) is 10.4 Å². The third kappa shape index (κ3) is 1.99. The lowest BCUT2D eigenvalue weighted by atomic mass is 9.92. The zero-order valence-electron chi connectivity index (χ0n) is 9.63. The molecular formula is C12H14N4O2. The number of amides is 1. The molecule has 1 unspecified atom stereocenters. The molecule has 2 rings (SSSR count). The average molecular weight is 246 g/mol. The van der Waals surface area contributed by atoms with Crippen molar-refractivity contribution >= 4 is 5.91 Å². The molecule has 0 aliphatic heterocycles. The van der Waals surface area contributed by atoms with Gasteiger partial charge >= 0.3 is 0 Å². The molecule has 6 N–H and O–H groups in total. The van der Waals surface area contributed by atoms with Gasteiger partial charge in [-0.15, -0.1) is 0 Å². The molecule has 0 radical (unpaired) electrons. The highest BCUT2D eigenvalue weighted by Crippen LogP contribution is 2.24. The minimum atomic E-state index is -1.82. The van der Waals surface area contributed by atoms with Gasteiger partial charge in [0.1, 0.15) is 0 Å². The van der Waals surface area contributed by atoms with Crippen molar-refractivity contribution in [2.75, 3.05) is 6.54 Å². The van der Waals surface area contributed by atoms with Gasteiger partial charge in [-0.25, -0.2) is 0 Å². The van der Waals surface area contributed by atoms with Gasteiger partial charge in [-0.1, -0.05) is 24.3 Å². The van der Waals surface area contributed by atoms with Gasteiger partial charge in [-0.2, -0.15) is 5.10 Å². The van der Waals surface area contributed by atoms with Crippen LogP contribution in [0.2, 0.25) is 0 Å². The van der Waals surface area contributed by atoms with Crippen LogP contribution in [0.4, 0.5) is 0 Å². The van der Waals surface area contributed by atoms with Crippen LogP contribution < -0.4 is 11.5 Å². The van der Waals surface area contributed by atoms with Gasteiger partial charge in [0.05, 0.1) is 6.20 Å². The summed E-state index contributed by atoms with van der Waals surface area (Å²) in [5.74, 6) is -0.860. The molecule has 0 bridgehead atoms. The Bertz CT molecular complexity index is 536. The molecule has 1 atom stereocenters. The van der Waals surface area contributed by atoms with Crippen molar-refractivity contribution in [1.82, 2.24) is 10.2 Å². The molecule has 1 amide bonds. The number of aliphatic hydroxyl groups is 1. The molecule has 6 heteroatoms. The van der Waals surface area contributed by atoms with Crippen LogP contribution in [0, 0.1) is 0 Å². The van der Waals surface area contributed by atoms with E-state index in [0.29, 0.717) is 5.56 Å². The number of rotatable bonds is 4. The maximum atomic E-state index is 11.2. The summed E-state index contributed by atoms with van der Waals surface area (Å²) in [7, 11) is 0. The fourth-order valence-corrected chi connectivity index (χ4v) is 1.71. The Morgan fingerprint density at radius 3 is 2.44 bits per heavy atom. The normalized spacial score (nSPS) is 14.1. The van der Waals surface area contributed by atoms with Gasteiger partial charge in [0.25, 0.3) is 5.91 Å². The van der Waals surface area contributed by atoms with E-state index >= 15 is 0 Å². The molecule has 18 heavy (non-hydrogen) atoms. The zero-order chi connectivity index (χ0) is 13.2. The standard InChI is InChI=1S/C12H14N4O2/c13-7-12(18,11(14)17)10-3-1-8(2-4-10)9-5-15-16-6-9/h1-6,18H,7,13H2,(H2,14,17)(H,15,16). The lowest BCUT2D eigenvalue weighted by molar-refractivity contribution is -0.136. The predicted octanol–water partition coefficient (Wildman–Crippen LogP) is -0.292. The summed E-state index contributed by atoms with van der Waals surface area (Å²) in [4.78, 5) is 11.2. The van der Waals surface area contributed by atoms with Crippen molar-refractivity contribution in [1.29, 1.82) is 0 Å². The molecule has 94 valence electrons. The number of primary amides is 1. The third-order valence-electron chi connectivity index (χ3n) is 2.90. The number of carbonyl (C=O) groups is 1. The van der Waals surface area contributed by atoms with Gasteiger partial charge in [0, 0.05) is 18.3 Å². The Morgan fingerprint density at radius 1 is 1.33 bits per heavy atom. The maximum Gasteiger partial charge on any atom is 0.255 e. The van der Waals surface area contributed by atoms with Gasteiger partial charge in [0.2, 0.25) is 0 Å². The summed E-state index contributed by atoms with van der Waals surface area (Å²) in [6.45, 7) is -0.257. The zero-order valence-corrected chi connectivity index (χ0v) is 9.63. The molecule has 0 aliphatic rings. The first-order chi connectivity index (χ1) is 8.58. The van der Waals surface area contributed by atoms with E-state index in [9.17, 15) is 9.90 Å². The Balaban J connectivity index is 2.36. The quantitative estimate of drug-likeness (QED) is 0.592. The van der Waals surface area contributed by atoms with Crippen LogP contribution in [0.15, 0.2) is 36.7 Å². The van der Waals surface area contributed by atoms with E-state index in [4.69, 9.17) is 11.5 Å². The van der Waals surface area contributed by atoms with Gasteiger partial charge in [-0.3, -0.25) is 9.89 Å². The number of nitrogens with two attached hydrogens (primary N) is 2. The number of nitrogens with zero attached hydrogens (tertiary/aromatic N) is 1. The second-order valence-electron chi connectivity index (χ2n) is 3.99. The number of carbonyl (C=O) groups excluding carboxylic acids is 1. The molecule has 2 aromatic rings. The summed E-state index contributed by atoms with van der Waals surface area (Å²) in [5.41, 5.74) is 11.0. The van der Waals surface area contributed by atoms with E-state index in [2.05, 4.69) is 10.2 Å². The molecule has 1 heterocycles. The van der Waals surface area contributed by atoms with E-state index < -0.39 is 11.5 Å². The number of aromatic amines is 1. The molecule has 0 saturated carbocycles. The second-order valence-corrected chi connectivity index (χ2v) is 3.99. The fourth-order valence-electron chi connectivity index (χ4n) is 1.71. The minimum Gasteiger partial charge on any atom is -0.374 e. The number of hydrogen-bond donors (Lipinski definition) is 4. The SMILES string of the molecule is NCC(O)(C(N)=O)c1ccc(-c2cn[nH]c2)cc1. The van der Waals surface area contributed by atoms with Gasteiger partial charge in [-0.05, 0) is 11.1 Å². The van der Waals surface area contributed by atoms with E-state index in [1.165, 1.54) is 0 Å². The highest BCUT2D eigenvalue weighted by Gasteiger charge is 2.34. The number of hydrogen-bond acceptors (Lipinski definition) is 4. The number of aromatic nitrogens is 2. The molecule has 1 aromatic heterocycles. The van der Waals surface area contributed by atoms with E-state index in [0.717, 1.165) is 11.1 Å². The monoisotopic (exact) mass is 246 g/mol. The van der Waals surface area contributed by atoms with E-state index in [-0.39, 0.29) is 6.54 Å². The Morgan fingerprint density at radius 2 is 2.00 bits per heavy atom. The molecule has 6 nitrogen and oxygen atoms in total. The summed E-state index contributed by atoms with van der Waals surface area (Å²) in [6, 6.07) is 6.79. The van der Waals surface area contributed by atoms with Crippen molar-refractivity contribution in [3.05, 3.63) is 42.2 Å². The highest BCUT2D eigenvalue weighted by atomic mass is 16.3. The lowest BCUT2D eigenvalue weighted by Crippen LogP contribution is -2.47. The predicted molar refractivity (Wildman–Crippen MR) is 66.2 cm³/mol. The van der Waals surface area contributed by atoms with E-state index in [1.807, 2.05) is 0 Å². The summed E-state index contributed by atoms with van der Waals surface area (Å²) in [6.07, 6.45) is 3.43. The van der Waals surface area contributed by atoms with Crippen LogP contribution in [0.3, 0.4) is 0 Å². The first-order valence-corrected chi connectivity index (χ1v) is 5.40. The lowest BCUT2D eigenvalue weighted by Gasteiger charge is -2.23. The molecule has 0 saturated heterocycles. The molecular weight excluding hydrogens is 232 g/mol.